The molecule has 1 saturated carbocycles. The van der Waals surface area contributed by atoms with Crippen LogP contribution in [0.4, 0.5) is 0 Å². The van der Waals surface area contributed by atoms with Crippen LogP contribution in [0.1, 0.15) is 59.8 Å². The van der Waals surface area contributed by atoms with Crippen LogP contribution in [0.15, 0.2) is 0 Å². The van der Waals surface area contributed by atoms with Crippen LogP contribution in [0, 0.1) is 11.8 Å². The number of hydrogen-bond acceptors (Lipinski definition) is 3. The Bertz CT molecular complexity index is 235. The Labute approximate surface area is 125 Å². The maximum Gasteiger partial charge on any atom is 0.0807 e. The summed E-state index contributed by atoms with van der Waals surface area (Å²) in [5.41, 5.74) is 0.0532. The summed E-state index contributed by atoms with van der Waals surface area (Å²) in [5.74, 6) is 1.69. The van der Waals surface area contributed by atoms with Crippen molar-refractivity contribution in [1.82, 2.24) is 5.32 Å². The molecule has 1 rings (SSSR count). The summed E-state index contributed by atoms with van der Waals surface area (Å²) in [6, 6.07) is 0. The van der Waals surface area contributed by atoms with Crippen molar-refractivity contribution in [3.63, 3.8) is 0 Å². The first-order valence-electron chi connectivity index (χ1n) is 8.56. The van der Waals surface area contributed by atoms with Crippen molar-refractivity contribution >= 4 is 0 Å². The molecule has 20 heavy (non-hydrogen) atoms. The Hall–Kier alpha value is -0.120. The highest BCUT2D eigenvalue weighted by molar-refractivity contribution is 4.90. The van der Waals surface area contributed by atoms with E-state index in [1.807, 2.05) is 6.92 Å². The lowest BCUT2D eigenvalue weighted by atomic mass is 9.74. The average molecular weight is 285 g/mol. The Balaban J connectivity index is 2.43. The van der Waals surface area contributed by atoms with E-state index in [0.717, 1.165) is 44.7 Å². The van der Waals surface area contributed by atoms with E-state index < -0.39 is 0 Å². The summed E-state index contributed by atoms with van der Waals surface area (Å²) in [6.07, 6.45) is 6.18. The van der Waals surface area contributed by atoms with Crippen molar-refractivity contribution in [1.29, 1.82) is 0 Å². The van der Waals surface area contributed by atoms with Gasteiger partial charge in [-0.3, -0.25) is 0 Å². The molecule has 0 aromatic heterocycles. The van der Waals surface area contributed by atoms with Crippen LogP contribution in [0.25, 0.3) is 0 Å². The minimum Gasteiger partial charge on any atom is -0.379 e. The van der Waals surface area contributed by atoms with Crippen molar-refractivity contribution in [3.05, 3.63) is 0 Å². The van der Waals surface area contributed by atoms with Gasteiger partial charge < -0.3 is 14.8 Å². The highest BCUT2D eigenvalue weighted by Gasteiger charge is 2.36. The molecule has 1 aliphatic carbocycles. The Morgan fingerprint density at radius 3 is 2.40 bits per heavy atom. The Kier molecular flexibility index (Phi) is 8.74. The van der Waals surface area contributed by atoms with E-state index in [1.165, 1.54) is 32.1 Å². The third-order valence-corrected chi connectivity index (χ3v) is 4.60. The molecule has 0 atom stereocenters. The third-order valence-electron chi connectivity index (χ3n) is 4.60. The SMILES string of the molecule is CCCNCC1(OCCOCC)CCC(C(C)C)CC1. The summed E-state index contributed by atoms with van der Waals surface area (Å²) in [7, 11) is 0. The molecular weight excluding hydrogens is 250 g/mol. The van der Waals surface area contributed by atoms with Crippen molar-refractivity contribution in [3.8, 4) is 0 Å². The maximum atomic E-state index is 6.26. The van der Waals surface area contributed by atoms with E-state index in [1.54, 1.807) is 0 Å². The van der Waals surface area contributed by atoms with Gasteiger partial charge in [0.25, 0.3) is 0 Å². The predicted octanol–water partition coefficient (Wildman–Crippen LogP) is 3.62. The monoisotopic (exact) mass is 285 g/mol. The topological polar surface area (TPSA) is 30.5 Å². The highest BCUT2D eigenvalue weighted by atomic mass is 16.5. The number of ether oxygens (including phenoxy) is 2. The molecule has 0 aliphatic heterocycles. The fourth-order valence-corrected chi connectivity index (χ4v) is 3.16. The standard InChI is InChI=1S/C17H35NO2/c1-5-11-18-14-17(20-13-12-19-6-2)9-7-16(8-10-17)15(3)4/h15-16,18H,5-14H2,1-4H3. The van der Waals surface area contributed by atoms with Gasteiger partial charge in [0.1, 0.15) is 0 Å². The van der Waals surface area contributed by atoms with Crippen molar-refractivity contribution in [2.75, 3.05) is 32.9 Å². The van der Waals surface area contributed by atoms with Crippen molar-refractivity contribution < 1.29 is 9.47 Å². The van der Waals surface area contributed by atoms with E-state index >= 15 is 0 Å². The summed E-state index contributed by atoms with van der Waals surface area (Å²) in [6.45, 7) is 13.3. The fraction of sp³-hybridized carbons (Fsp3) is 1.00. The van der Waals surface area contributed by atoms with Crippen LogP contribution in [0.2, 0.25) is 0 Å². The minimum absolute atomic E-state index is 0.0532. The number of nitrogens with one attached hydrogen (secondary N) is 1. The normalized spacial score (nSPS) is 27.1. The molecule has 0 aromatic carbocycles. The summed E-state index contributed by atoms with van der Waals surface area (Å²) >= 11 is 0. The van der Waals surface area contributed by atoms with Crippen molar-refractivity contribution in [2.24, 2.45) is 11.8 Å². The predicted molar refractivity (Wildman–Crippen MR) is 85.1 cm³/mol. The fourth-order valence-electron chi connectivity index (χ4n) is 3.16. The van der Waals surface area contributed by atoms with Gasteiger partial charge in [0.05, 0.1) is 18.8 Å². The van der Waals surface area contributed by atoms with Crippen LogP contribution >= 0.6 is 0 Å². The molecule has 0 heterocycles. The summed E-state index contributed by atoms with van der Waals surface area (Å²) in [4.78, 5) is 0. The molecule has 3 nitrogen and oxygen atoms in total. The molecular formula is C17H35NO2. The number of rotatable bonds is 10. The van der Waals surface area contributed by atoms with E-state index in [2.05, 4.69) is 26.1 Å². The Morgan fingerprint density at radius 2 is 1.85 bits per heavy atom. The molecule has 1 fully saturated rings. The van der Waals surface area contributed by atoms with E-state index in [9.17, 15) is 0 Å². The molecule has 0 amide bonds. The molecule has 0 bridgehead atoms. The zero-order chi connectivity index (χ0) is 14.8. The molecule has 0 aromatic rings. The molecule has 120 valence electrons. The minimum atomic E-state index is 0.0532. The van der Waals surface area contributed by atoms with Crippen LogP contribution in [0.3, 0.4) is 0 Å². The van der Waals surface area contributed by atoms with E-state index in [0.29, 0.717) is 0 Å². The quantitative estimate of drug-likeness (QED) is 0.622. The second-order valence-corrected chi connectivity index (χ2v) is 6.49. The zero-order valence-corrected chi connectivity index (χ0v) is 14.0. The lowest BCUT2D eigenvalue weighted by Gasteiger charge is -2.41. The van der Waals surface area contributed by atoms with E-state index in [-0.39, 0.29) is 5.60 Å². The van der Waals surface area contributed by atoms with Crippen LogP contribution in [-0.2, 0) is 9.47 Å². The molecule has 0 radical (unpaired) electrons. The van der Waals surface area contributed by atoms with Gasteiger partial charge in [-0.15, -0.1) is 0 Å². The van der Waals surface area contributed by atoms with Gasteiger partial charge in [-0.25, -0.2) is 0 Å². The number of hydrogen-bond donors (Lipinski definition) is 1. The Morgan fingerprint density at radius 1 is 1.15 bits per heavy atom. The summed E-state index contributed by atoms with van der Waals surface area (Å²) < 4.78 is 11.7. The van der Waals surface area contributed by atoms with Crippen LogP contribution in [-0.4, -0.2) is 38.5 Å². The average Bonchev–Trinajstić information content (AvgIpc) is 2.45. The molecule has 0 spiro atoms. The highest BCUT2D eigenvalue weighted by Crippen LogP contribution is 2.37. The third kappa shape index (κ3) is 6.11. The van der Waals surface area contributed by atoms with Crippen molar-refractivity contribution in [2.45, 2.75) is 65.4 Å². The smallest absolute Gasteiger partial charge is 0.0807 e. The maximum absolute atomic E-state index is 6.26. The van der Waals surface area contributed by atoms with Gasteiger partial charge in [0.15, 0.2) is 0 Å². The molecule has 3 heteroatoms. The van der Waals surface area contributed by atoms with Gasteiger partial charge in [-0.1, -0.05) is 20.8 Å². The largest absolute Gasteiger partial charge is 0.379 e. The van der Waals surface area contributed by atoms with Gasteiger partial charge in [-0.2, -0.15) is 0 Å². The molecule has 0 saturated heterocycles. The zero-order valence-electron chi connectivity index (χ0n) is 14.0. The second-order valence-electron chi connectivity index (χ2n) is 6.49. The molecule has 0 unspecified atom stereocenters. The first kappa shape index (κ1) is 17.9. The lowest BCUT2D eigenvalue weighted by molar-refractivity contribution is -0.0943. The van der Waals surface area contributed by atoms with E-state index in [4.69, 9.17) is 9.47 Å². The first-order chi connectivity index (χ1) is 9.63. The second kappa shape index (κ2) is 9.75. The van der Waals surface area contributed by atoms with Gasteiger partial charge in [0, 0.05) is 13.2 Å². The van der Waals surface area contributed by atoms with Gasteiger partial charge >= 0.3 is 0 Å². The lowest BCUT2D eigenvalue weighted by Crippen LogP contribution is -2.47. The van der Waals surface area contributed by atoms with Gasteiger partial charge in [-0.05, 0) is 57.4 Å². The van der Waals surface area contributed by atoms with Crippen LogP contribution < -0.4 is 5.32 Å². The van der Waals surface area contributed by atoms with Crippen LogP contribution in [0.5, 0.6) is 0 Å². The molecule has 1 N–H and O–H groups in total. The first-order valence-corrected chi connectivity index (χ1v) is 8.56. The molecule has 1 aliphatic rings. The van der Waals surface area contributed by atoms with Gasteiger partial charge in [0.2, 0.25) is 0 Å². The summed E-state index contributed by atoms with van der Waals surface area (Å²) in [5, 5.41) is 3.56.